The first-order valence-electron chi connectivity index (χ1n) is 9.07. The van der Waals surface area contributed by atoms with Crippen molar-refractivity contribution in [3.05, 3.63) is 88.7 Å². The van der Waals surface area contributed by atoms with E-state index in [9.17, 15) is 9.18 Å². The van der Waals surface area contributed by atoms with E-state index < -0.39 is 5.82 Å². The summed E-state index contributed by atoms with van der Waals surface area (Å²) >= 11 is 0. The zero-order chi connectivity index (χ0) is 19.7. The normalized spacial score (nSPS) is 11.0. The number of fused-ring (bicyclic) bond motifs is 1. The topological polar surface area (TPSA) is 44.1 Å². The van der Waals surface area contributed by atoms with E-state index in [1.165, 1.54) is 13.2 Å². The number of nitrogens with zero attached hydrogens (tertiary/aromatic N) is 2. The molecule has 0 atom stereocenters. The van der Waals surface area contributed by atoms with Gasteiger partial charge in [-0.2, -0.15) is 0 Å². The van der Waals surface area contributed by atoms with Gasteiger partial charge in [0, 0.05) is 23.0 Å². The van der Waals surface area contributed by atoms with Crippen LogP contribution in [0.5, 0.6) is 5.88 Å². The van der Waals surface area contributed by atoms with Gasteiger partial charge in [0.2, 0.25) is 5.88 Å². The molecule has 4 rings (SSSR count). The van der Waals surface area contributed by atoms with E-state index in [4.69, 9.17) is 4.74 Å². The second-order valence-corrected chi connectivity index (χ2v) is 6.44. The molecule has 0 saturated carbocycles. The van der Waals surface area contributed by atoms with Crippen molar-refractivity contribution < 1.29 is 9.13 Å². The molecular formula is C23H19FN2O2. The Morgan fingerprint density at radius 3 is 2.54 bits per heavy atom. The zero-order valence-corrected chi connectivity index (χ0v) is 15.6. The average Bonchev–Trinajstić information content (AvgIpc) is 2.74. The van der Waals surface area contributed by atoms with Gasteiger partial charge >= 0.3 is 0 Å². The van der Waals surface area contributed by atoms with E-state index in [0.29, 0.717) is 28.8 Å². The van der Waals surface area contributed by atoms with Gasteiger partial charge in [-0.15, -0.1) is 0 Å². The molecule has 5 heteroatoms. The van der Waals surface area contributed by atoms with Gasteiger partial charge in [0.15, 0.2) is 0 Å². The summed E-state index contributed by atoms with van der Waals surface area (Å²) in [5.74, 6) is -0.208. The number of pyridine rings is 2. The molecule has 0 saturated heterocycles. The third-order valence-corrected chi connectivity index (χ3v) is 4.83. The fourth-order valence-corrected chi connectivity index (χ4v) is 3.50. The van der Waals surface area contributed by atoms with Crippen LogP contribution in [0.4, 0.5) is 4.39 Å². The number of aromatic nitrogens is 2. The first-order valence-corrected chi connectivity index (χ1v) is 9.07. The number of aryl methyl sites for hydroxylation is 1. The standard InChI is InChI=1S/C23H19FN2O2/c1-3-16-12-15-8-7-11-18(19-13-21(28-2)25-14-20(19)24)22(15)23(27)26(16)17-9-5-4-6-10-17/h4-14H,3H2,1-2H3. The molecule has 0 fully saturated rings. The molecule has 4 aromatic rings. The highest BCUT2D eigenvalue weighted by molar-refractivity contribution is 5.96. The van der Waals surface area contributed by atoms with Crippen LogP contribution in [0.2, 0.25) is 0 Å². The molecule has 0 bridgehead atoms. The van der Waals surface area contributed by atoms with Gasteiger partial charge in [-0.25, -0.2) is 9.37 Å². The Bertz CT molecular complexity index is 1220. The zero-order valence-electron chi connectivity index (χ0n) is 15.6. The smallest absolute Gasteiger partial charge is 0.263 e. The van der Waals surface area contributed by atoms with Crippen molar-refractivity contribution in [1.29, 1.82) is 0 Å². The number of methoxy groups -OCH3 is 1. The van der Waals surface area contributed by atoms with E-state index in [0.717, 1.165) is 23.0 Å². The number of ether oxygens (including phenoxy) is 1. The summed E-state index contributed by atoms with van der Waals surface area (Å²) in [7, 11) is 1.48. The first kappa shape index (κ1) is 17.9. The third kappa shape index (κ3) is 2.95. The van der Waals surface area contributed by atoms with E-state index in [-0.39, 0.29) is 5.56 Å². The highest BCUT2D eigenvalue weighted by Gasteiger charge is 2.17. The van der Waals surface area contributed by atoms with Gasteiger partial charge in [0.1, 0.15) is 5.82 Å². The third-order valence-electron chi connectivity index (χ3n) is 4.83. The van der Waals surface area contributed by atoms with Crippen LogP contribution < -0.4 is 10.3 Å². The maximum absolute atomic E-state index is 14.6. The van der Waals surface area contributed by atoms with Gasteiger partial charge in [-0.1, -0.05) is 43.3 Å². The van der Waals surface area contributed by atoms with E-state index >= 15 is 0 Å². The van der Waals surface area contributed by atoms with Crippen molar-refractivity contribution in [1.82, 2.24) is 9.55 Å². The summed E-state index contributed by atoms with van der Waals surface area (Å²) in [6.07, 6.45) is 1.81. The van der Waals surface area contributed by atoms with Crippen LogP contribution in [0.25, 0.3) is 27.6 Å². The summed E-state index contributed by atoms with van der Waals surface area (Å²) < 4.78 is 21.4. The highest BCUT2D eigenvalue weighted by Crippen LogP contribution is 2.31. The predicted molar refractivity (Wildman–Crippen MR) is 109 cm³/mol. The summed E-state index contributed by atoms with van der Waals surface area (Å²) in [6, 6.07) is 18.5. The molecule has 140 valence electrons. The van der Waals surface area contributed by atoms with Crippen LogP contribution in [0.3, 0.4) is 0 Å². The lowest BCUT2D eigenvalue weighted by Crippen LogP contribution is -2.22. The van der Waals surface area contributed by atoms with Gasteiger partial charge < -0.3 is 4.74 Å². The van der Waals surface area contributed by atoms with Crippen LogP contribution in [0.15, 0.2) is 71.7 Å². The van der Waals surface area contributed by atoms with Crippen LogP contribution >= 0.6 is 0 Å². The van der Waals surface area contributed by atoms with Crippen LogP contribution in [0, 0.1) is 5.82 Å². The largest absolute Gasteiger partial charge is 0.481 e. The SMILES string of the molecule is CCc1cc2cccc(-c3cc(OC)ncc3F)c2c(=O)n1-c1ccccc1. The fourth-order valence-electron chi connectivity index (χ4n) is 3.50. The Morgan fingerprint density at radius 2 is 1.82 bits per heavy atom. The molecule has 0 aliphatic carbocycles. The number of hydrogen-bond acceptors (Lipinski definition) is 3. The molecule has 0 spiro atoms. The molecule has 2 aromatic carbocycles. The van der Waals surface area contributed by atoms with E-state index in [2.05, 4.69) is 4.98 Å². The molecule has 0 radical (unpaired) electrons. The van der Waals surface area contributed by atoms with Gasteiger partial charge in [-0.05, 0) is 35.6 Å². The van der Waals surface area contributed by atoms with Crippen LogP contribution in [-0.4, -0.2) is 16.7 Å². The van der Waals surface area contributed by atoms with E-state index in [1.807, 2.05) is 55.5 Å². The highest BCUT2D eigenvalue weighted by atomic mass is 19.1. The molecule has 0 N–H and O–H groups in total. The lowest BCUT2D eigenvalue weighted by atomic mass is 9.98. The van der Waals surface area contributed by atoms with Crippen LogP contribution in [0.1, 0.15) is 12.6 Å². The second kappa shape index (κ2) is 7.27. The Labute approximate surface area is 161 Å². The quantitative estimate of drug-likeness (QED) is 0.517. The van der Waals surface area contributed by atoms with Gasteiger partial charge in [0.25, 0.3) is 5.56 Å². The molecule has 0 aliphatic heterocycles. The molecular weight excluding hydrogens is 355 g/mol. The molecule has 2 heterocycles. The maximum Gasteiger partial charge on any atom is 0.263 e. The first-order chi connectivity index (χ1) is 13.6. The lowest BCUT2D eigenvalue weighted by Gasteiger charge is -2.16. The predicted octanol–water partition coefficient (Wildman–Crippen LogP) is 4.76. The maximum atomic E-state index is 14.6. The molecule has 0 amide bonds. The Hall–Kier alpha value is -3.47. The Balaban J connectivity index is 2.10. The summed E-state index contributed by atoms with van der Waals surface area (Å²) in [6.45, 7) is 2.01. The molecule has 0 unspecified atom stereocenters. The monoisotopic (exact) mass is 374 g/mol. The van der Waals surface area contributed by atoms with Crippen molar-refractivity contribution in [2.45, 2.75) is 13.3 Å². The number of halogens is 1. The molecule has 2 aromatic heterocycles. The van der Waals surface area contributed by atoms with Crippen molar-refractivity contribution in [3.8, 4) is 22.7 Å². The van der Waals surface area contributed by atoms with Crippen LogP contribution in [-0.2, 0) is 6.42 Å². The fraction of sp³-hybridized carbons (Fsp3) is 0.130. The number of rotatable bonds is 4. The minimum absolute atomic E-state index is 0.175. The number of para-hydroxylation sites is 1. The minimum Gasteiger partial charge on any atom is -0.481 e. The van der Waals surface area contributed by atoms with Crippen molar-refractivity contribution in [2.24, 2.45) is 0 Å². The lowest BCUT2D eigenvalue weighted by molar-refractivity contribution is 0.396. The minimum atomic E-state index is -0.501. The van der Waals surface area contributed by atoms with Gasteiger partial charge in [0.05, 0.1) is 18.7 Å². The Morgan fingerprint density at radius 1 is 1.04 bits per heavy atom. The second-order valence-electron chi connectivity index (χ2n) is 6.44. The van der Waals surface area contributed by atoms with Crippen molar-refractivity contribution in [2.75, 3.05) is 7.11 Å². The summed E-state index contributed by atoms with van der Waals surface area (Å²) in [4.78, 5) is 17.5. The Kier molecular flexibility index (Phi) is 4.65. The van der Waals surface area contributed by atoms with Crippen molar-refractivity contribution >= 4 is 10.8 Å². The van der Waals surface area contributed by atoms with Crippen molar-refractivity contribution in [3.63, 3.8) is 0 Å². The molecule has 4 nitrogen and oxygen atoms in total. The van der Waals surface area contributed by atoms with E-state index in [1.54, 1.807) is 10.6 Å². The van der Waals surface area contributed by atoms with Gasteiger partial charge in [-0.3, -0.25) is 9.36 Å². The summed E-state index contributed by atoms with van der Waals surface area (Å²) in [5, 5.41) is 1.25. The molecule has 28 heavy (non-hydrogen) atoms. The number of benzene rings is 2. The summed E-state index contributed by atoms with van der Waals surface area (Å²) in [5.41, 5.74) is 2.32. The number of hydrogen-bond donors (Lipinski definition) is 0. The average molecular weight is 374 g/mol. The molecule has 0 aliphatic rings.